The van der Waals surface area contributed by atoms with Gasteiger partial charge in [-0.1, -0.05) is 6.92 Å². The van der Waals surface area contributed by atoms with Crippen LogP contribution in [0.25, 0.3) is 0 Å². The van der Waals surface area contributed by atoms with Crippen LogP contribution in [0.4, 0.5) is 4.79 Å². The molecule has 1 fully saturated rings. The van der Waals surface area contributed by atoms with Crippen molar-refractivity contribution in [3.8, 4) is 0 Å². The molecule has 0 aromatic rings. The maximum absolute atomic E-state index is 12.5. The monoisotopic (exact) mass is 285 g/mol. The molecule has 3 N–H and O–H groups in total. The van der Waals surface area contributed by atoms with Crippen LogP contribution in [0.5, 0.6) is 0 Å². The summed E-state index contributed by atoms with van der Waals surface area (Å²) < 4.78 is 0. The fraction of sp³-hybridized carbons (Fsp3) is 0.769. The molecule has 7 heteroatoms. The number of hydrogen-bond donors (Lipinski definition) is 2. The Kier molecular flexibility index (Phi) is 5.79. The number of nitrogens with zero attached hydrogens (tertiary/aromatic N) is 2. The predicted octanol–water partition coefficient (Wildman–Crippen LogP) is 0.631. The summed E-state index contributed by atoms with van der Waals surface area (Å²) >= 11 is 0. The second-order valence-electron chi connectivity index (χ2n) is 5.17. The molecule has 2 unspecified atom stereocenters. The second kappa shape index (κ2) is 7.12. The first-order valence-corrected chi connectivity index (χ1v) is 6.96. The minimum Gasteiger partial charge on any atom is -0.480 e. The molecule has 20 heavy (non-hydrogen) atoms. The number of amides is 3. The Morgan fingerprint density at radius 1 is 1.40 bits per heavy atom. The van der Waals surface area contributed by atoms with Gasteiger partial charge in [-0.2, -0.15) is 0 Å². The zero-order valence-electron chi connectivity index (χ0n) is 12.0. The van der Waals surface area contributed by atoms with E-state index in [4.69, 9.17) is 10.8 Å². The summed E-state index contributed by atoms with van der Waals surface area (Å²) in [7, 11) is 0. The van der Waals surface area contributed by atoms with Gasteiger partial charge in [-0.05, 0) is 32.6 Å². The van der Waals surface area contributed by atoms with Crippen molar-refractivity contribution in [3.05, 3.63) is 0 Å². The molecule has 1 aliphatic rings. The van der Waals surface area contributed by atoms with Crippen molar-refractivity contribution in [3.63, 3.8) is 0 Å². The highest BCUT2D eigenvalue weighted by molar-refractivity contribution is 5.87. The number of piperidine rings is 1. The lowest BCUT2D eigenvalue weighted by Gasteiger charge is -2.39. The zero-order chi connectivity index (χ0) is 15.3. The van der Waals surface area contributed by atoms with Crippen LogP contribution in [-0.4, -0.2) is 58.0 Å². The third kappa shape index (κ3) is 3.85. The van der Waals surface area contributed by atoms with E-state index in [-0.39, 0.29) is 12.6 Å². The van der Waals surface area contributed by atoms with Crippen molar-refractivity contribution in [2.24, 2.45) is 5.73 Å². The molecule has 0 spiro atoms. The van der Waals surface area contributed by atoms with Crippen LogP contribution in [0, 0.1) is 0 Å². The standard InChI is InChI=1S/C13H23N3O4/c1-3-9(2)16(8-11(17)18)13(20)15-7-5-4-6-10(15)12(14)19/h9-10H,3-8H2,1-2H3,(H2,14,19)(H,17,18). The van der Waals surface area contributed by atoms with Crippen molar-refractivity contribution in [2.45, 2.75) is 51.6 Å². The Bertz CT molecular complexity index is 382. The van der Waals surface area contributed by atoms with Crippen molar-refractivity contribution in [1.29, 1.82) is 0 Å². The summed E-state index contributed by atoms with van der Waals surface area (Å²) in [4.78, 5) is 37.6. The van der Waals surface area contributed by atoms with Crippen LogP contribution in [0.2, 0.25) is 0 Å². The van der Waals surface area contributed by atoms with Gasteiger partial charge in [0.15, 0.2) is 0 Å². The van der Waals surface area contributed by atoms with E-state index in [1.165, 1.54) is 9.80 Å². The molecule has 0 radical (unpaired) electrons. The topological polar surface area (TPSA) is 104 Å². The number of primary amides is 1. The van der Waals surface area contributed by atoms with Gasteiger partial charge in [-0.3, -0.25) is 9.59 Å². The van der Waals surface area contributed by atoms with Gasteiger partial charge in [0, 0.05) is 12.6 Å². The van der Waals surface area contributed by atoms with Gasteiger partial charge < -0.3 is 20.6 Å². The lowest BCUT2D eigenvalue weighted by molar-refractivity contribution is -0.138. The molecule has 1 rings (SSSR count). The Hall–Kier alpha value is -1.79. The summed E-state index contributed by atoms with van der Waals surface area (Å²) in [5.74, 6) is -1.59. The highest BCUT2D eigenvalue weighted by Crippen LogP contribution is 2.20. The van der Waals surface area contributed by atoms with E-state index in [1.54, 1.807) is 6.92 Å². The van der Waals surface area contributed by atoms with Crippen LogP contribution < -0.4 is 5.73 Å². The first-order valence-electron chi connectivity index (χ1n) is 6.96. The summed E-state index contributed by atoms with van der Waals surface area (Å²) in [6, 6.07) is -1.24. The van der Waals surface area contributed by atoms with E-state index in [0.717, 1.165) is 12.8 Å². The first kappa shape index (κ1) is 16.3. The van der Waals surface area contributed by atoms with Crippen LogP contribution in [0.15, 0.2) is 0 Å². The molecule has 3 amide bonds. The normalized spacial score (nSPS) is 20.3. The van der Waals surface area contributed by atoms with E-state index in [0.29, 0.717) is 19.4 Å². The minimum absolute atomic E-state index is 0.200. The Labute approximate surface area is 118 Å². The number of carboxylic acids is 1. The second-order valence-corrected chi connectivity index (χ2v) is 5.17. The van der Waals surface area contributed by atoms with Gasteiger partial charge in [0.2, 0.25) is 5.91 Å². The minimum atomic E-state index is -1.06. The van der Waals surface area contributed by atoms with Crippen molar-refractivity contribution >= 4 is 17.9 Å². The molecular weight excluding hydrogens is 262 g/mol. The molecule has 1 saturated heterocycles. The van der Waals surface area contributed by atoms with Crippen LogP contribution in [0.3, 0.4) is 0 Å². The van der Waals surface area contributed by atoms with Crippen molar-refractivity contribution < 1.29 is 19.5 Å². The van der Waals surface area contributed by atoms with Gasteiger partial charge in [-0.25, -0.2) is 4.79 Å². The highest BCUT2D eigenvalue weighted by Gasteiger charge is 2.35. The maximum atomic E-state index is 12.5. The smallest absolute Gasteiger partial charge is 0.323 e. The van der Waals surface area contributed by atoms with Crippen LogP contribution >= 0.6 is 0 Å². The average molecular weight is 285 g/mol. The molecule has 2 atom stereocenters. The summed E-state index contributed by atoms with van der Waals surface area (Å²) in [5.41, 5.74) is 5.34. The Morgan fingerprint density at radius 3 is 2.55 bits per heavy atom. The molecule has 1 aliphatic heterocycles. The lowest BCUT2D eigenvalue weighted by atomic mass is 10.0. The van der Waals surface area contributed by atoms with Crippen molar-refractivity contribution in [2.75, 3.05) is 13.1 Å². The largest absolute Gasteiger partial charge is 0.480 e. The quantitative estimate of drug-likeness (QED) is 0.773. The SMILES string of the molecule is CCC(C)N(CC(=O)O)C(=O)N1CCCCC1C(N)=O. The summed E-state index contributed by atoms with van der Waals surface area (Å²) in [6.45, 7) is 3.76. The molecule has 0 aliphatic carbocycles. The number of hydrogen-bond acceptors (Lipinski definition) is 3. The molecule has 7 nitrogen and oxygen atoms in total. The third-order valence-corrected chi connectivity index (χ3v) is 3.75. The number of aliphatic carboxylic acids is 1. The molecule has 0 aromatic heterocycles. The summed E-state index contributed by atoms with van der Waals surface area (Å²) in [6.07, 6.45) is 2.84. The number of nitrogens with two attached hydrogens (primary N) is 1. The maximum Gasteiger partial charge on any atom is 0.323 e. The predicted molar refractivity (Wildman–Crippen MR) is 73.0 cm³/mol. The van der Waals surface area contributed by atoms with E-state index >= 15 is 0 Å². The number of carbonyl (C=O) groups excluding carboxylic acids is 2. The first-order chi connectivity index (χ1) is 9.38. The molecule has 0 aromatic carbocycles. The van der Waals surface area contributed by atoms with Gasteiger partial charge in [0.25, 0.3) is 0 Å². The fourth-order valence-electron chi connectivity index (χ4n) is 2.40. The third-order valence-electron chi connectivity index (χ3n) is 3.75. The number of rotatable bonds is 5. The van der Waals surface area contributed by atoms with E-state index in [2.05, 4.69) is 0 Å². The fourth-order valence-corrected chi connectivity index (χ4v) is 2.40. The zero-order valence-corrected chi connectivity index (χ0v) is 12.0. The Morgan fingerprint density at radius 2 is 2.05 bits per heavy atom. The molecule has 114 valence electrons. The van der Waals surface area contributed by atoms with Crippen LogP contribution in [-0.2, 0) is 9.59 Å². The van der Waals surface area contributed by atoms with E-state index < -0.39 is 23.9 Å². The summed E-state index contributed by atoms with van der Waals surface area (Å²) in [5, 5.41) is 8.95. The van der Waals surface area contributed by atoms with Gasteiger partial charge in [0.1, 0.15) is 12.6 Å². The molecule has 0 bridgehead atoms. The Balaban J connectivity index is 2.90. The number of urea groups is 1. The van der Waals surface area contributed by atoms with Crippen LogP contribution in [0.1, 0.15) is 39.5 Å². The van der Waals surface area contributed by atoms with Gasteiger partial charge in [0.05, 0.1) is 0 Å². The molecular formula is C13H23N3O4. The number of carbonyl (C=O) groups is 3. The number of likely N-dealkylation sites (tertiary alicyclic amines) is 1. The average Bonchev–Trinajstić information content (AvgIpc) is 2.42. The highest BCUT2D eigenvalue weighted by atomic mass is 16.4. The lowest BCUT2D eigenvalue weighted by Crippen LogP contribution is -2.57. The van der Waals surface area contributed by atoms with E-state index in [9.17, 15) is 14.4 Å². The molecule has 1 heterocycles. The van der Waals surface area contributed by atoms with Gasteiger partial charge >= 0.3 is 12.0 Å². The van der Waals surface area contributed by atoms with Gasteiger partial charge in [-0.15, -0.1) is 0 Å². The number of carboxylic acid groups (broad SMARTS) is 1. The molecule has 0 saturated carbocycles. The van der Waals surface area contributed by atoms with Crippen molar-refractivity contribution in [1.82, 2.24) is 9.80 Å². The van der Waals surface area contributed by atoms with E-state index in [1.807, 2.05) is 6.92 Å².